The van der Waals surface area contributed by atoms with E-state index in [1.807, 2.05) is 54.6 Å². The van der Waals surface area contributed by atoms with Gasteiger partial charge in [-0.15, -0.1) is 0 Å². The maximum atomic E-state index is 12.1. The van der Waals surface area contributed by atoms with Gasteiger partial charge < -0.3 is 14.2 Å². The van der Waals surface area contributed by atoms with Crippen molar-refractivity contribution in [2.24, 2.45) is 0 Å². The normalized spacial score (nSPS) is 11.9. The van der Waals surface area contributed by atoms with Crippen molar-refractivity contribution in [2.75, 3.05) is 39.6 Å². The van der Waals surface area contributed by atoms with Crippen LogP contribution in [0.25, 0.3) is 0 Å². The fourth-order valence-corrected chi connectivity index (χ4v) is 5.12. The van der Waals surface area contributed by atoms with Crippen molar-refractivity contribution >= 4 is 10.1 Å². The highest BCUT2D eigenvalue weighted by Gasteiger charge is 2.37. The molecule has 0 N–H and O–H groups in total. The summed E-state index contributed by atoms with van der Waals surface area (Å²) < 4.78 is 47.1. The molecule has 0 saturated carbocycles. The van der Waals surface area contributed by atoms with Crippen LogP contribution in [0.4, 0.5) is 0 Å². The molecule has 0 aliphatic rings. The Morgan fingerprint density at radius 3 is 1.29 bits per heavy atom. The molecule has 7 heteroatoms. The minimum Gasteiger partial charge on any atom is -0.377 e. The molecule has 0 unspecified atom stereocenters. The van der Waals surface area contributed by atoms with Gasteiger partial charge in [-0.25, -0.2) is 0 Å². The van der Waals surface area contributed by atoms with Crippen LogP contribution in [0.5, 0.6) is 0 Å². The average Bonchev–Trinajstić information content (AvgIpc) is 2.98. The van der Waals surface area contributed by atoms with Gasteiger partial charge in [-0.2, -0.15) is 8.42 Å². The lowest BCUT2D eigenvalue weighted by molar-refractivity contribution is -0.0344. The lowest BCUT2D eigenvalue weighted by atomic mass is 9.80. The second-order valence-electron chi connectivity index (χ2n) is 8.44. The van der Waals surface area contributed by atoms with Crippen LogP contribution in [-0.2, 0) is 34.1 Å². The van der Waals surface area contributed by atoms with Gasteiger partial charge in [0, 0.05) is 0 Å². The zero-order valence-electron chi connectivity index (χ0n) is 21.1. The Morgan fingerprint density at radius 2 is 0.842 bits per heavy atom. The summed E-state index contributed by atoms with van der Waals surface area (Å²) in [7, 11) is -3.78. The quantitative estimate of drug-likeness (QED) is 0.115. The predicted octanol–water partition coefficient (Wildman–Crippen LogP) is 5.43. The second-order valence-corrected chi connectivity index (χ2v) is 10.1. The average molecular weight is 533 g/mol. The van der Waals surface area contributed by atoms with E-state index in [0.29, 0.717) is 26.4 Å². The number of hydrogen-bond donors (Lipinski definition) is 0. The van der Waals surface area contributed by atoms with Gasteiger partial charge in [0.2, 0.25) is 0 Å². The third kappa shape index (κ3) is 7.16. The molecule has 6 nitrogen and oxygen atoms in total. The second kappa shape index (κ2) is 14.0. The first-order valence-corrected chi connectivity index (χ1v) is 13.9. The summed E-state index contributed by atoms with van der Waals surface area (Å²) in [5.74, 6) is 0. The molecule has 0 atom stereocenters. The summed E-state index contributed by atoms with van der Waals surface area (Å²) in [5, 5.41) is 0. The minimum atomic E-state index is -3.78. The van der Waals surface area contributed by atoms with Crippen molar-refractivity contribution < 1.29 is 26.8 Å². The van der Waals surface area contributed by atoms with Crippen LogP contribution < -0.4 is 0 Å². The van der Waals surface area contributed by atoms with Gasteiger partial charge in [0.25, 0.3) is 10.1 Å². The molecule has 0 amide bonds. The van der Waals surface area contributed by atoms with Gasteiger partial charge in [0.1, 0.15) is 5.60 Å². The topological polar surface area (TPSA) is 71.1 Å². The van der Waals surface area contributed by atoms with E-state index in [4.69, 9.17) is 18.4 Å². The molecule has 198 valence electrons. The molecule has 0 aromatic heterocycles. The molecule has 0 radical (unpaired) electrons. The van der Waals surface area contributed by atoms with E-state index in [0.717, 1.165) is 16.7 Å². The zero-order chi connectivity index (χ0) is 26.5. The number of hydrogen-bond acceptors (Lipinski definition) is 6. The Hall–Kier alpha value is -3.33. The first-order chi connectivity index (χ1) is 18.6. The van der Waals surface area contributed by atoms with Gasteiger partial charge in [-0.05, 0) is 28.8 Å². The Balaban J connectivity index is 1.28. The first-order valence-electron chi connectivity index (χ1n) is 12.5. The standard InChI is InChI=1S/C31H32O6S/c32-38(33,30-19-11-4-12-20-30)37-26-24-35-22-21-34-23-25-36-31(27-13-5-1-6-14-27,28-15-7-2-8-16-28)29-17-9-3-10-18-29/h1-20H,21-26H2. The maximum absolute atomic E-state index is 12.1. The van der Waals surface area contributed by atoms with E-state index in [1.165, 1.54) is 12.1 Å². The molecule has 0 spiro atoms. The van der Waals surface area contributed by atoms with Gasteiger partial charge in [-0.1, -0.05) is 109 Å². The summed E-state index contributed by atoms with van der Waals surface area (Å²) >= 11 is 0. The van der Waals surface area contributed by atoms with Gasteiger partial charge in [0.15, 0.2) is 0 Å². The molecule has 0 heterocycles. The fraction of sp³-hybridized carbons (Fsp3) is 0.226. The number of ether oxygens (including phenoxy) is 3. The zero-order valence-corrected chi connectivity index (χ0v) is 22.0. The van der Waals surface area contributed by atoms with Crippen LogP contribution in [0.1, 0.15) is 16.7 Å². The van der Waals surface area contributed by atoms with Gasteiger partial charge >= 0.3 is 0 Å². The summed E-state index contributed by atoms with van der Waals surface area (Å²) in [5.41, 5.74) is 2.31. The number of benzene rings is 4. The highest BCUT2D eigenvalue weighted by atomic mass is 32.2. The molecule has 38 heavy (non-hydrogen) atoms. The largest absolute Gasteiger partial charge is 0.377 e. The Kier molecular flexibility index (Phi) is 10.2. The third-order valence-corrected chi connectivity index (χ3v) is 7.28. The predicted molar refractivity (Wildman–Crippen MR) is 146 cm³/mol. The highest BCUT2D eigenvalue weighted by Crippen LogP contribution is 2.40. The molecule has 0 saturated heterocycles. The third-order valence-electron chi connectivity index (χ3n) is 5.96. The highest BCUT2D eigenvalue weighted by molar-refractivity contribution is 7.86. The number of rotatable bonds is 15. The van der Waals surface area contributed by atoms with Crippen LogP contribution in [0, 0.1) is 0 Å². The van der Waals surface area contributed by atoms with Crippen LogP contribution in [0.2, 0.25) is 0 Å². The molecular formula is C31H32O6S. The van der Waals surface area contributed by atoms with Crippen LogP contribution >= 0.6 is 0 Å². The van der Waals surface area contributed by atoms with E-state index >= 15 is 0 Å². The van der Waals surface area contributed by atoms with E-state index in [1.54, 1.807) is 18.2 Å². The molecule has 4 aromatic rings. The van der Waals surface area contributed by atoms with Gasteiger partial charge in [-0.3, -0.25) is 4.18 Å². The van der Waals surface area contributed by atoms with Crippen LogP contribution in [0.3, 0.4) is 0 Å². The fourth-order valence-electron chi connectivity index (χ4n) is 4.20. The van der Waals surface area contributed by atoms with Crippen LogP contribution in [-0.4, -0.2) is 48.1 Å². The summed E-state index contributed by atoms with van der Waals surface area (Å²) in [4.78, 5) is 0.126. The van der Waals surface area contributed by atoms with Crippen molar-refractivity contribution in [2.45, 2.75) is 10.5 Å². The van der Waals surface area contributed by atoms with Crippen molar-refractivity contribution in [3.8, 4) is 0 Å². The molecule has 0 fully saturated rings. The van der Waals surface area contributed by atoms with E-state index in [2.05, 4.69) is 36.4 Å². The maximum Gasteiger partial charge on any atom is 0.297 e. The van der Waals surface area contributed by atoms with Crippen molar-refractivity contribution in [1.82, 2.24) is 0 Å². The summed E-state index contributed by atoms with van der Waals surface area (Å²) in [6.45, 7) is 1.48. The van der Waals surface area contributed by atoms with E-state index < -0.39 is 15.7 Å². The van der Waals surface area contributed by atoms with Gasteiger partial charge in [0.05, 0.1) is 44.5 Å². The minimum absolute atomic E-state index is 0.0614. The summed E-state index contributed by atoms with van der Waals surface area (Å²) in [6.07, 6.45) is 0. The monoisotopic (exact) mass is 532 g/mol. The lowest BCUT2D eigenvalue weighted by Crippen LogP contribution is -2.34. The summed E-state index contributed by atoms with van der Waals surface area (Å²) in [6, 6.07) is 38.6. The van der Waals surface area contributed by atoms with Crippen molar-refractivity contribution in [3.63, 3.8) is 0 Å². The Bertz CT molecular complexity index is 1220. The SMILES string of the molecule is O=S(=O)(OCCOCCOCCOC(c1ccccc1)(c1ccccc1)c1ccccc1)c1ccccc1. The van der Waals surface area contributed by atoms with E-state index in [-0.39, 0.29) is 18.1 Å². The lowest BCUT2D eigenvalue weighted by Gasteiger charge is -2.36. The van der Waals surface area contributed by atoms with Crippen LogP contribution in [0.15, 0.2) is 126 Å². The van der Waals surface area contributed by atoms with E-state index in [9.17, 15) is 8.42 Å². The Morgan fingerprint density at radius 1 is 0.474 bits per heavy atom. The molecule has 4 rings (SSSR count). The van der Waals surface area contributed by atoms with Crippen molar-refractivity contribution in [1.29, 1.82) is 0 Å². The Labute approximate surface area is 224 Å². The van der Waals surface area contributed by atoms with Crippen molar-refractivity contribution in [3.05, 3.63) is 138 Å². The molecule has 0 aliphatic heterocycles. The molecule has 0 bridgehead atoms. The molecule has 0 aliphatic carbocycles. The smallest absolute Gasteiger partial charge is 0.297 e. The molecule has 4 aromatic carbocycles. The first kappa shape index (κ1) is 27.7. The molecular weight excluding hydrogens is 500 g/mol.